The fourth-order valence-electron chi connectivity index (χ4n) is 2.03. The summed E-state index contributed by atoms with van der Waals surface area (Å²) in [5, 5.41) is 9.84. The van der Waals surface area contributed by atoms with Crippen LogP contribution in [0, 0.1) is 0 Å². The van der Waals surface area contributed by atoms with Crippen molar-refractivity contribution in [3.63, 3.8) is 0 Å². The van der Waals surface area contributed by atoms with Crippen LogP contribution in [-0.4, -0.2) is 21.0 Å². The topological polar surface area (TPSA) is 72.3 Å². The first-order valence-electron chi connectivity index (χ1n) is 6.40. The van der Waals surface area contributed by atoms with Crippen molar-refractivity contribution < 1.29 is 14.6 Å². The van der Waals surface area contributed by atoms with Gasteiger partial charge in [0.05, 0.1) is 11.2 Å². The first-order chi connectivity index (χ1) is 10.2. The monoisotopic (exact) mass is 280 g/mol. The number of carbonyl (C=O) groups is 1. The van der Waals surface area contributed by atoms with Gasteiger partial charge in [-0.1, -0.05) is 12.1 Å². The van der Waals surface area contributed by atoms with E-state index >= 15 is 0 Å². The van der Waals surface area contributed by atoms with E-state index in [9.17, 15) is 4.79 Å². The van der Waals surface area contributed by atoms with Crippen molar-refractivity contribution in [1.29, 1.82) is 0 Å². The van der Waals surface area contributed by atoms with Crippen molar-refractivity contribution in [2.45, 2.75) is 6.61 Å². The minimum atomic E-state index is -1.05. The van der Waals surface area contributed by atoms with Crippen LogP contribution < -0.4 is 4.74 Å². The van der Waals surface area contributed by atoms with E-state index in [2.05, 4.69) is 9.97 Å². The molecule has 104 valence electrons. The van der Waals surface area contributed by atoms with Crippen LogP contribution in [0.25, 0.3) is 10.9 Å². The molecule has 1 aromatic carbocycles. The molecule has 0 atom stereocenters. The summed E-state index contributed by atoms with van der Waals surface area (Å²) >= 11 is 0. The van der Waals surface area contributed by atoms with Gasteiger partial charge in [-0.15, -0.1) is 0 Å². The molecule has 2 heterocycles. The highest BCUT2D eigenvalue weighted by Gasteiger charge is 2.07. The summed E-state index contributed by atoms with van der Waals surface area (Å²) < 4.78 is 5.74. The van der Waals surface area contributed by atoms with Crippen molar-refractivity contribution in [3.8, 4) is 5.75 Å². The second-order valence-corrected chi connectivity index (χ2v) is 4.43. The zero-order valence-corrected chi connectivity index (χ0v) is 11.1. The number of aromatic nitrogens is 2. The molecular weight excluding hydrogens is 268 g/mol. The molecule has 3 rings (SSSR count). The van der Waals surface area contributed by atoms with E-state index in [0.29, 0.717) is 11.4 Å². The molecule has 5 heteroatoms. The largest absolute Gasteiger partial charge is 0.487 e. The van der Waals surface area contributed by atoms with Gasteiger partial charge in [-0.05, 0) is 36.4 Å². The quantitative estimate of drug-likeness (QED) is 0.795. The average Bonchev–Trinajstić information content (AvgIpc) is 2.53. The Kier molecular flexibility index (Phi) is 3.47. The lowest BCUT2D eigenvalue weighted by molar-refractivity contribution is 0.0690. The van der Waals surface area contributed by atoms with Crippen molar-refractivity contribution in [1.82, 2.24) is 9.97 Å². The minimum absolute atomic E-state index is 0.00989. The van der Waals surface area contributed by atoms with Gasteiger partial charge in [0, 0.05) is 11.6 Å². The van der Waals surface area contributed by atoms with Crippen LogP contribution in [0.4, 0.5) is 0 Å². The number of rotatable bonds is 4. The highest BCUT2D eigenvalue weighted by atomic mass is 16.5. The molecule has 0 bridgehead atoms. The van der Waals surface area contributed by atoms with E-state index in [4.69, 9.17) is 9.84 Å². The Morgan fingerprint density at radius 2 is 1.95 bits per heavy atom. The number of aromatic carboxylic acids is 1. The SMILES string of the molecule is O=C(O)c1cccc(COc2cccc3ncccc23)n1. The third-order valence-corrected chi connectivity index (χ3v) is 3.01. The van der Waals surface area contributed by atoms with Gasteiger partial charge in [0.2, 0.25) is 0 Å². The van der Waals surface area contributed by atoms with Gasteiger partial charge in [0.25, 0.3) is 0 Å². The highest BCUT2D eigenvalue weighted by Crippen LogP contribution is 2.24. The van der Waals surface area contributed by atoms with E-state index in [-0.39, 0.29) is 12.3 Å². The van der Waals surface area contributed by atoms with Crippen molar-refractivity contribution >= 4 is 16.9 Å². The summed E-state index contributed by atoms with van der Waals surface area (Å²) in [6, 6.07) is 14.2. The molecule has 0 spiro atoms. The van der Waals surface area contributed by atoms with Gasteiger partial charge in [0.1, 0.15) is 18.1 Å². The van der Waals surface area contributed by atoms with Crippen LogP contribution in [0.3, 0.4) is 0 Å². The molecule has 0 aliphatic heterocycles. The predicted octanol–water partition coefficient (Wildman–Crippen LogP) is 2.91. The van der Waals surface area contributed by atoms with Crippen LogP contribution in [-0.2, 0) is 6.61 Å². The van der Waals surface area contributed by atoms with Gasteiger partial charge >= 0.3 is 5.97 Å². The molecule has 0 saturated carbocycles. The van der Waals surface area contributed by atoms with Gasteiger partial charge in [-0.2, -0.15) is 0 Å². The average molecular weight is 280 g/mol. The number of hydrogen-bond acceptors (Lipinski definition) is 4. The van der Waals surface area contributed by atoms with E-state index < -0.39 is 5.97 Å². The molecule has 2 aromatic heterocycles. The molecule has 0 amide bonds. The Morgan fingerprint density at radius 1 is 1.10 bits per heavy atom. The lowest BCUT2D eigenvalue weighted by Gasteiger charge is -2.08. The van der Waals surface area contributed by atoms with Crippen molar-refractivity contribution in [3.05, 3.63) is 66.1 Å². The summed E-state index contributed by atoms with van der Waals surface area (Å²) in [6.07, 6.45) is 1.73. The smallest absolute Gasteiger partial charge is 0.354 e. The van der Waals surface area contributed by atoms with Crippen LogP contribution in [0.15, 0.2) is 54.7 Å². The third kappa shape index (κ3) is 2.81. The minimum Gasteiger partial charge on any atom is -0.487 e. The Labute approximate surface area is 120 Å². The molecule has 3 aromatic rings. The summed E-state index contributed by atoms with van der Waals surface area (Å²) in [5.74, 6) is -0.352. The van der Waals surface area contributed by atoms with Gasteiger partial charge < -0.3 is 9.84 Å². The van der Waals surface area contributed by atoms with Gasteiger partial charge in [0.15, 0.2) is 0 Å². The molecule has 0 radical (unpaired) electrons. The summed E-state index contributed by atoms with van der Waals surface area (Å²) in [6.45, 7) is 0.203. The molecule has 0 aliphatic carbocycles. The van der Waals surface area contributed by atoms with Crippen molar-refractivity contribution in [2.24, 2.45) is 0 Å². The molecule has 0 saturated heterocycles. The predicted molar refractivity (Wildman–Crippen MR) is 77.3 cm³/mol. The fraction of sp³-hybridized carbons (Fsp3) is 0.0625. The fourth-order valence-corrected chi connectivity index (χ4v) is 2.03. The number of ether oxygens (including phenoxy) is 1. The summed E-state index contributed by atoms with van der Waals surface area (Å²) in [4.78, 5) is 19.2. The lowest BCUT2D eigenvalue weighted by Crippen LogP contribution is -2.05. The number of fused-ring (bicyclic) bond motifs is 1. The molecule has 0 unspecified atom stereocenters. The van der Waals surface area contributed by atoms with Crippen LogP contribution in [0.2, 0.25) is 0 Å². The van der Waals surface area contributed by atoms with Crippen molar-refractivity contribution in [2.75, 3.05) is 0 Å². The zero-order chi connectivity index (χ0) is 14.7. The number of nitrogens with zero attached hydrogens (tertiary/aromatic N) is 2. The maximum atomic E-state index is 10.9. The number of benzene rings is 1. The zero-order valence-electron chi connectivity index (χ0n) is 11.1. The number of carboxylic acids is 1. The Balaban J connectivity index is 1.84. The van der Waals surface area contributed by atoms with Gasteiger partial charge in [-0.25, -0.2) is 9.78 Å². The van der Waals surface area contributed by atoms with Crippen LogP contribution >= 0.6 is 0 Å². The second-order valence-electron chi connectivity index (χ2n) is 4.43. The van der Waals surface area contributed by atoms with Crippen LogP contribution in [0.1, 0.15) is 16.2 Å². The van der Waals surface area contributed by atoms with Gasteiger partial charge in [-0.3, -0.25) is 4.98 Å². The van der Waals surface area contributed by atoms with E-state index in [1.807, 2.05) is 30.3 Å². The normalized spacial score (nSPS) is 10.5. The van der Waals surface area contributed by atoms with Crippen LogP contribution in [0.5, 0.6) is 5.75 Å². The molecule has 21 heavy (non-hydrogen) atoms. The first-order valence-corrected chi connectivity index (χ1v) is 6.40. The van der Waals surface area contributed by atoms with E-state index in [1.165, 1.54) is 6.07 Å². The molecule has 5 nitrogen and oxygen atoms in total. The molecule has 1 N–H and O–H groups in total. The standard InChI is InChI=1S/C16H12N2O3/c19-16(20)14-7-1-4-11(18-14)10-21-15-8-2-6-13-12(15)5-3-9-17-13/h1-9H,10H2,(H,19,20). The second kappa shape index (κ2) is 5.58. The summed E-state index contributed by atoms with van der Waals surface area (Å²) in [7, 11) is 0. The Hall–Kier alpha value is -2.95. The molecule has 0 fully saturated rings. The maximum absolute atomic E-state index is 10.9. The highest BCUT2D eigenvalue weighted by molar-refractivity contribution is 5.85. The summed E-state index contributed by atoms with van der Waals surface area (Å²) in [5.41, 5.74) is 1.42. The number of hydrogen-bond donors (Lipinski definition) is 1. The lowest BCUT2D eigenvalue weighted by atomic mass is 10.2. The Bertz CT molecular complexity index is 797. The maximum Gasteiger partial charge on any atom is 0.354 e. The Morgan fingerprint density at radius 3 is 2.81 bits per heavy atom. The number of carboxylic acid groups (broad SMARTS) is 1. The number of pyridine rings is 2. The molecular formula is C16H12N2O3. The third-order valence-electron chi connectivity index (χ3n) is 3.01. The van der Waals surface area contributed by atoms with E-state index in [0.717, 1.165) is 10.9 Å². The first kappa shape index (κ1) is 13.1. The molecule has 0 aliphatic rings. The van der Waals surface area contributed by atoms with E-state index in [1.54, 1.807) is 18.3 Å².